The minimum absolute atomic E-state index is 0.0941. The monoisotopic (exact) mass is 419 g/mol. The molecule has 0 spiro atoms. The van der Waals surface area contributed by atoms with Crippen molar-refractivity contribution in [3.63, 3.8) is 0 Å². The Hall–Kier alpha value is -2.97. The molecular formula is C15H29N7O7. The molecular weight excluding hydrogens is 390 g/mol. The number of hydrogen-bond acceptors (Lipinski definition) is 8. The first-order valence-corrected chi connectivity index (χ1v) is 8.69. The molecule has 0 aliphatic rings. The molecule has 0 aromatic rings. The highest BCUT2D eigenvalue weighted by Crippen LogP contribution is 2.01. The number of nitrogens with one attached hydrogen (secondary N) is 3. The van der Waals surface area contributed by atoms with Gasteiger partial charge in [-0.25, -0.2) is 4.79 Å². The van der Waals surface area contributed by atoms with Crippen molar-refractivity contribution >= 4 is 29.7 Å². The van der Waals surface area contributed by atoms with Crippen LogP contribution in [0.5, 0.6) is 0 Å². The molecule has 0 saturated heterocycles. The van der Waals surface area contributed by atoms with Crippen LogP contribution in [0.2, 0.25) is 0 Å². The predicted molar refractivity (Wildman–Crippen MR) is 101 cm³/mol. The lowest BCUT2D eigenvalue weighted by Gasteiger charge is -2.21. The second-order valence-electron chi connectivity index (χ2n) is 6.14. The van der Waals surface area contributed by atoms with Crippen LogP contribution in [-0.4, -0.2) is 88.9 Å². The van der Waals surface area contributed by atoms with E-state index in [2.05, 4.69) is 15.6 Å². The van der Waals surface area contributed by atoms with Gasteiger partial charge in [-0.05, 0) is 19.8 Å². The number of carboxylic acid groups (broad SMARTS) is 1. The van der Waals surface area contributed by atoms with Gasteiger partial charge in [0.05, 0.1) is 19.3 Å². The molecule has 0 aliphatic carbocycles. The molecule has 0 aliphatic heterocycles. The average Bonchev–Trinajstić information content (AvgIpc) is 2.64. The maximum Gasteiger partial charge on any atom is 0.328 e. The van der Waals surface area contributed by atoms with Crippen LogP contribution in [0.3, 0.4) is 0 Å². The minimum atomic E-state index is -1.52. The van der Waals surface area contributed by atoms with Crippen LogP contribution >= 0.6 is 0 Å². The van der Waals surface area contributed by atoms with Crippen molar-refractivity contribution < 1.29 is 34.5 Å². The highest BCUT2D eigenvalue weighted by Gasteiger charge is 2.26. The molecule has 14 nitrogen and oxygen atoms in total. The van der Waals surface area contributed by atoms with Gasteiger partial charge in [0.25, 0.3) is 0 Å². The molecule has 0 saturated carbocycles. The largest absolute Gasteiger partial charge is 0.480 e. The summed E-state index contributed by atoms with van der Waals surface area (Å²) >= 11 is 0. The van der Waals surface area contributed by atoms with E-state index in [1.165, 1.54) is 6.92 Å². The molecule has 12 N–H and O–H groups in total. The zero-order valence-corrected chi connectivity index (χ0v) is 16.0. The maximum absolute atomic E-state index is 12.3. The van der Waals surface area contributed by atoms with Gasteiger partial charge in [-0.15, -0.1) is 0 Å². The van der Waals surface area contributed by atoms with Crippen molar-refractivity contribution in [3.05, 3.63) is 0 Å². The number of aliphatic hydroxyl groups is 2. The Kier molecular flexibility index (Phi) is 11.9. The smallest absolute Gasteiger partial charge is 0.328 e. The van der Waals surface area contributed by atoms with Gasteiger partial charge in [-0.2, -0.15) is 0 Å². The Morgan fingerprint density at radius 2 is 1.69 bits per heavy atom. The van der Waals surface area contributed by atoms with Crippen molar-refractivity contribution in [2.45, 2.75) is 44.0 Å². The molecule has 0 fully saturated rings. The Morgan fingerprint density at radius 3 is 2.17 bits per heavy atom. The Bertz CT molecular complexity index is 608. The topological polar surface area (TPSA) is 255 Å². The first kappa shape index (κ1) is 26.0. The van der Waals surface area contributed by atoms with Crippen molar-refractivity contribution in [1.29, 1.82) is 0 Å². The third-order valence-electron chi connectivity index (χ3n) is 3.64. The van der Waals surface area contributed by atoms with E-state index < -0.39 is 61.1 Å². The van der Waals surface area contributed by atoms with Gasteiger partial charge < -0.3 is 48.5 Å². The molecule has 0 rings (SSSR count). The molecule has 3 amide bonds. The Balaban J connectivity index is 4.89. The van der Waals surface area contributed by atoms with E-state index in [1.54, 1.807) is 0 Å². The van der Waals surface area contributed by atoms with Crippen LogP contribution in [0.15, 0.2) is 4.99 Å². The third kappa shape index (κ3) is 10.8. The highest BCUT2D eigenvalue weighted by atomic mass is 16.4. The summed E-state index contributed by atoms with van der Waals surface area (Å²) in [6.07, 6.45) is -0.757. The number of hydrogen-bond donors (Lipinski definition) is 9. The van der Waals surface area contributed by atoms with Crippen LogP contribution in [-0.2, 0) is 19.2 Å². The van der Waals surface area contributed by atoms with Crippen LogP contribution in [0, 0.1) is 0 Å². The number of rotatable bonds is 13. The van der Waals surface area contributed by atoms with Gasteiger partial charge in [0, 0.05) is 6.54 Å². The second kappa shape index (κ2) is 13.2. The van der Waals surface area contributed by atoms with E-state index in [0.717, 1.165) is 0 Å². The van der Waals surface area contributed by atoms with Crippen molar-refractivity contribution in [2.24, 2.45) is 22.2 Å². The number of aliphatic carboxylic acids is 1. The fraction of sp³-hybridized carbons (Fsp3) is 0.667. The van der Waals surface area contributed by atoms with Gasteiger partial charge in [0.1, 0.15) is 18.1 Å². The lowest BCUT2D eigenvalue weighted by atomic mass is 10.1. The van der Waals surface area contributed by atoms with Crippen molar-refractivity contribution in [1.82, 2.24) is 16.0 Å². The quantitative estimate of drug-likeness (QED) is 0.0779. The third-order valence-corrected chi connectivity index (χ3v) is 3.64. The second-order valence-corrected chi connectivity index (χ2v) is 6.14. The predicted octanol–water partition coefficient (Wildman–Crippen LogP) is -5.09. The fourth-order valence-electron chi connectivity index (χ4n) is 1.98. The fourth-order valence-corrected chi connectivity index (χ4v) is 1.98. The molecule has 14 heteroatoms. The number of amides is 3. The maximum atomic E-state index is 12.3. The van der Waals surface area contributed by atoms with E-state index in [0.29, 0.717) is 6.42 Å². The summed E-state index contributed by atoms with van der Waals surface area (Å²) in [5.74, 6) is -3.96. The van der Waals surface area contributed by atoms with Crippen molar-refractivity contribution in [3.8, 4) is 0 Å². The summed E-state index contributed by atoms with van der Waals surface area (Å²) in [5, 5.41) is 33.7. The molecule has 0 radical (unpaired) electrons. The molecule has 166 valence electrons. The normalized spacial score (nSPS) is 14.6. The van der Waals surface area contributed by atoms with E-state index in [1.807, 2.05) is 5.32 Å². The Labute approximate surface area is 166 Å². The standard InChI is InChI=1S/C15H29N7O7/c1-7(24)11(16)13(27)22-8(3-2-4-19-15(17)18)12(26)20-5-10(25)21-9(6-23)14(28)29/h7-9,11,23-24H,2-6,16H2,1H3,(H,20,26)(H,21,25)(H,22,27)(H,28,29)(H4,17,18,19). The van der Waals surface area contributed by atoms with Crippen LogP contribution in [0.4, 0.5) is 0 Å². The molecule has 0 aromatic carbocycles. The zero-order valence-electron chi connectivity index (χ0n) is 16.0. The molecule has 0 aromatic heterocycles. The number of carbonyl (C=O) groups is 4. The summed E-state index contributed by atoms with van der Waals surface area (Å²) < 4.78 is 0. The summed E-state index contributed by atoms with van der Waals surface area (Å²) in [6.45, 7) is 0.0746. The van der Waals surface area contributed by atoms with Gasteiger partial charge in [-0.1, -0.05) is 0 Å². The molecule has 0 heterocycles. The van der Waals surface area contributed by atoms with Gasteiger partial charge in [0.2, 0.25) is 17.7 Å². The number of aliphatic imine (C=N–C) groups is 1. The van der Waals surface area contributed by atoms with Crippen LogP contribution < -0.4 is 33.2 Å². The molecule has 4 unspecified atom stereocenters. The summed E-state index contributed by atoms with van der Waals surface area (Å²) in [7, 11) is 0. The lowest BCUT2D eigenvalue weighted by molar-refractivity contribution is -0.142. The van der Waals surface area contributed by atoms with Crippen LogP contribution in [0.25, 0.3) is 0 Å². The van der Waals surface area contributed by atoms with E-state index >= 15 is 0 Å². The number of nitrogens with zero attached hydrogens (tertiary/aromatic N) is 1. The average molecular weight is 419 g/mol. The zero-order chi connectivity index (χ0) is 22.6. The van der Waals surface area contributed by atoms with E-state index in [4.69, 9.17) is 27.4 Å². The first-order chi connectivity index (χ1) is 13.5. The molecule has 29 heavy (non-hydrogen) atoms. The van der Waals surface area contributed by atoms with Gasteiger partial charge in [0.15, 0.2) is 5.96 Å². The summed E-state index contributed by atoms with van der Waals surface area (Å²) in [6, 6.07) is -3.90. The summed E-state index contributed by atoms with van der Waals surface area (Å²) in [5.41, 5.74) is 15.9. The summed E-state index contributed by atoms with van der Waals surface area (Å²) in [4.78, 5) is 50.6. The minimum Gasteiger partial charge on any atom is -0.480 e. The first-order valence-electron chi connectivity index (χ1n) is 8.69. The number of carboxylic acids is 1. The van der Waals surface area contributed by atoms with E-state index in [9.17, 15) is 24.3 Å². The number of nitrogens with two attached hydrogens (primary N) is 3. The van der Waals surface area contributed by atoms with Gasteiger partial charge in [-0.3, -0.25) is 19.4 Å². The lowest BCUT2D eigenvalue weighted by Crippen LogP contribution is -2.55. The molecule has 0 bridgehead atoms. The van der Waals surface area contributed by atoms with Gasteiger partial charge >= 0.3 is 5.97 Å². The van der Waals surface area contributed by atoms with E-state index in [-0.39, 0.29) is 18.9 Å². The number of carbonyl (C=O) groups excluding carboxylic acids is 3. The number of aliphatic hydroxyl groups excluding tert-OH is 2. The van der Waals surface area contributed by atoms with Crippen LogP contribution in [0.1, 0.15) is 19.8 Å². The van der Waals surface area contributed by atoms with Crippen molar-refractivity contribution in [2.75, 3.05) is 19.7 Å². The molecule has 4 atom stereocenters. The number of guanidine groups is 1. The SMILES string of the molecule is CC(O)C(N)C(=O)NC(CCCN=C(N)N)C(=O)NCC(=O)NC(CO)C(=O)O. The Morgan fingerprint density at radius 1 is 1.07 bits per heavy atom. The highest BCUT2D eigenvalue weighted by molar-refractivity contribution is 5.92.